The number of Topliss-reactive ketones (excluding diaryl/α,β-unsaturated/α-hetero) is 1. The molecule has 5 nitrogen and oxygen atoms in total. The van der Waals surface area contributed by atoms with Crippen LogP contribution in [0.3, 0.4) is 0 Å². The summed E-state index contributed by atoms with van der Waals surface area (Å²) >= 11 is 0. The van der Waals surface area contributed by atoms with Crippen LogP contribution in [0.1, 0.15) is 65.7 Å². The van der Waals surface area contributed by atoms with E-state index in [2.05, 4.69) is 13.5 Å². The van der Waals surface area contributed by atoms with E-state index in [1.807, 2.05) is 6.92 Å². The minimum atomic E-state index is -0.787. The maximum Gasteiger partial charge on any atom is 0.309 e. The Labute approximate surface area is 160 Å². The first kappa shape index (κ1) is 18.7. The van der Waals surface area contributed by atoms with Crippen molar-refractivity contribution in [3.05, 3.63) is 12.2 Å². The number of carbonyl (C=O) groups excluding carboxylic acids is 2. The van der Waals surface area contributed by atoms with Gasteiger partial charge in [-0.3, -0.25) is 14.4 Å². The van der Waals surface area contributed by atoms with Crippen molar-refractivity contribution in [3.63, 3.8) is 0 Å². The molecule has 2 bridgehead atoms. The first-order valence-corrected chi connectivity index (χ1v) is 10.2. The normalized spacial score (nSPS) is 48.6. The summed E-state index contributed by atoms with van der Waals surface area (Å²) < 4.78 is 5.80. The number of carboxylic acids is 1. The second-order valence-electron chi connectivity index (χ2n) is 9.95. The van der Waals surface area contributed by atoms with Gasteiger partial charge in [0, 0.05) is 18.3 Å². The lowest BCUT2D eigenvalue weighted by molar-refractivity contribution is -0.208. The van der Waals surface area contributed by atoms with Crippen LogP contribution in [0.25, 0.3) is 0 Å². The van der Waals surface area contributed by atoms with Crippen LogP contribution in [0.15, 0.2) is 12.2 Å². The molecule has 7 atom stereocenters. The van der Waals surface area contributed by atoms with Gasteiger partial charge in [0.2, 0.25) is 0 Å². The smallest absolute Gasteiger partial charge is 0.309 e. The third kappa shape index (κ3) is 2.26. The van der Waals surface area contributed by atoms with Crippen molar-refractivity contribution in [2.24, 2.45) is 34.0 Å². The van der Waals surface area contributed by atoms with Crippen molar-refractivity contribution in [2.45, 2.75) is 71.8 Å². The number of fused-ring (bicyclic) bond motifs is 3. The van der Waals surface area contributed by atoms with E-state index in [1.165, 1.54) is 6.92 Å². The first-order valence-electron chi connectivity index (χ1n) is 10.2. The van der Waals surface area contributed by atoms with Gasteiger partial charge in [0.25, 0.3) is 0 Å². The summed E-state index contributed by atoms with van der Waals surface area (Å²) in [6, 6.07) is 0. The first-order chi connectivity index (χ1) is 12.6. The molecule has 4 saturated carbocycles. The lowest BCUT2D eigenvalue weighted by Crippen LogP contribution is -2.63. The van der Waals surface area contributed by atoms with Crippen molar-refractivity contribution in [3.8, 4) is 0 Å². The molecular weight excluding hydrogens is 344 g/mol. The highest BCUT2D eigenvalue weighted by molar-refractivity contribution is 6.03. The largest absolute Gasteiger partial charge is 0.481 e. The van der Waals surface area contributed by atoms with Crippen LogP contribution >= 0.6 is 0 Å². The highest BCUT2D eigenvalue weighted by Gasteiger charge is 2.71. The Balaban J connectivity index is 1.85. The highest BCUT2D eigenvalue weighted by atomic mass is 16.5. The molecule has 0 radical (unpaired) electrons. The van der Waals surface area contributed by atoms with Crippen molar-refractivity contribution >= 4 is 17.7 Å². The number of esters is 1. The molecule has 0 unspecified atom stereocenters. The van der Waals surface area contributed by atoms with Gasteiger partial charge in [0.05, 0.1) is 5.41 Å². The quantitative estimate of drug-likeness (QED) is 0.588. The molecular formula is C22H30O5. The zero-order valence-corrected chi connectivity index (χ0v) is 16.5. The number of allylic oxidation sites excluding steroid dienone is 1. The van der Waals surface area contributed by atoms with E-state index >= 15 is 0 Å². The van der Waals surface area contributed by atoms with Gasteiger partial charge in [-0.05, 0) is 68.3 Å². The molecule has 27 heavy (non-hydrogen) atoms. The summed E-state index contributed by atoms with van der Waals surface area (Å²) in [6.45, 7) is 9.53. The third-order valence-corrected chi connectivity index (χ3v) is 8.70. The molecule has 148 valence electrons. The predicted octanol–water partition coefficient (Wildman–Crippen LogP) is 3.76. The summed E-state index contributed by atoms with van der Waals surface area (Å²) in [4.78, 5) is 37.4. The number of hydrogen-bond donors (Lipinski definition) is 1. The molecule has 1 spiro atoms. The van der Waals surface area contributed by atoms with Crippen LogP contribution in [-0.2, 0) is 19.1 Å². The van der Waals surface area contributed by atoms with Crippen LogP contribution in [-0.4, -0.2) is 28.9 Å². The molecule has 4 aliphatic rings. The Hall–Kier alpha value is -1.65. The fraction of sp³-hybridized carbons (Fsp3) is 0.773. The number of rotatable bonds is 2. The van der Waals surface area contributed by atoms with Crippen LogP contribution in [0.2, 0.25) is 0 Å². The monoisotopic (exact) mass is 374 g/mol. The van der Waals surface area contributed by atoms with Crippen molar-refractivity contribution in [1.29, 1.82) is 0 Å². The molecule has 4 rings (SSSR count). The number of aliphatic carboxylic acids is 1. The standard InChI is InChI=1S/C22H30O5/c1-12-14-10-15(27-13(2)23)17-20(3)7-5-8-21(4,19(25)26)16(20)6-9-22(17,11-14)18(12)24/h14-17H,1,5-11H2,2-4H3,(H,25,26)/t14-,15+,16-,17-,20+,21+,22+/m0/s1. The highest BCUT2D eigenvalue weighted by Crippen LogP contribution is 2.71. The van der Waals surface area contributed by atoms with E-state index < -0.39 is 16.8 Å². The molecule has 4 fully saturated rings. The molecule has 0 aromatic rings. The minimum Gasteiger partial charge on any atom is -0.481 e. The zero-order valence-electron chi connectivity index (χ0n) is 16.5. The Morgan fingerprint density at radius 2 is 1.93 bits per heavy atom. The number of ether oxygens (including phenoxy) is 1. The average Bonchev–Trinajstić information content (AvgIpc) is 2.75. The van der Waals surface area contributed by atoms with Gasteiger partial charge in [0.15, 0.2) is 5.78 Å². The van der Waals surface area contributed by atoms with Gasteiger partial charge in [0.1, 0.15) is 6.10 Å². The molecule has 0 amide bonds. The van der Waals surface area contributed by atoms with E-state index in [1.54, 1.807) is 0 Å². The molecule has 0 aromatic heterocycles. The van der Waals surface area contributed by atoms with Gasteiger partial charge in [-0.2, -0.15) is 0 Å². The van der Waals surface area contributed by atoms with Crippen LogP contribution in [0.4, 0.5) is 0 Å². The Bertz CT molecular complexity index is 741. The summed E-state index contributed by atoms with van der Waals surface area (Å²) in [7, 11) is 0. The molecule has 5 heteroatoms. The lowest BCUT2D eigenvalue weighted by atomic mass is 9.40. The van der Waals surface area contributed by atoms with E-state index in [-0.39, 0.29) is 41.0 Å². The van der Waals surface area contributed by atoms with Crippen molar-refractivity contribution in [1.82, 2.24) is 0 Å². The fourth-order valence-electron chi connectivity index (χ4n) is 7.77. The maximum atomic E-state index is 13.3. The topological polar surface area (TPSA) is 80.7 Å². The van der Waals surface area contributed by atoms with Gasteiger partial charge in [-0.15, -0.1) is 0 Å². The molecule has 0 saturated heterocycles. The molecule has 1 N–H and O–H groups in total. The Morgan fingerprint density at radius 1 is 1.22 bits per heavy atom. The number of carboxylic acid groups (broad SMARTS) is 1. The van der Waals surface area contributed by atoms with Crippen molar-refractivity contribution < 1.29 is 24.2 Å². The Morgan fingerprint density at radius 3 is 2.56 bits per heavy atom. The van der Waals surface area contributed by atoms with Crippen LogP contribution in [0, 0.1) is 34.0 Å². The van der Waals surface area contributed by atoms with E-state index in [4.69, 9.17) is 4.74 Å². The van der Waals surface area contributed by atoms with E-state index in [9.17, 15) is 19.5 Å². The zero-order chi connectivity index (χ0) is 19.8. The lowest BCUT2D eigenvalue weighted by Gasteiger charge is -2.63. The van der Waals surface area contributed by atoms with Crippen molar-refractivity contribution in [2.75, 3.05) is 0 Å². The van der Waals surface area contributed by atoms with E-state index in [0.29, 0.717) is 24.8 Å². The number of hydrogen-bond acceptors (Lipinski definition) is 4. The van der Waals surface area contributed by atoms with Gasteiger partial charge in [-0.1, -0.05) is 19.9 Å². The molecule has 4 aliphatic carbocycles. The molecule has 0 heterocycles. The fourth-order valence-corrected chi connectivity index (χ4v) is 7.77. The maximum absolute atomic E-state index is 13.3. The third-order valence-electron chi connectivity index (χ3n) is 8.70. The Kier molecular flexibility index (Phi) is 3.93. The summed E-state index contributed by atoms with van der Waals surface area (Å²) in [5.74, 6) is -0.953. The second-order valence-corrected chi connectivity index (χ2v) is 9.95. The van der Waals surface area contributed by atoms with Crippen LogP contribution < -0.4 is 0 Å². The van der Waals surface area contributed by atoms with Gasteiger partial charge < -0.3 is 9.84 Å². The summed E-state index contributed by atoms with van der Waals surface area (Å²) in [5.41, 5.74) is -0.948. The second kappa shape index (κ2) is 5.68. The van der Waals surface area contributed by atoms with Gasteiger partial charge in [-0.25, -0.2) is 0 Å². The van der Waals surface area contributed by atoms with Crippen LogP contribution in [0.5, 0.6) is 0 Å². The number of ketones is 1. The summed E-state index contributed by atoms with van der Waals surface area (Å²) in [6.07, 6.45) is 4.92. The SMILES string of the molecule is C=C1C(=O)[C@@]23CC[C@H]4[C@@](C)(CCC[C@@]4(C)C(=O)O)[C@@H]2[C@H](OC(C)=O)C[C@H]1C3. The number of carbonyl (C=O) groups is 3. The average molecular weight is 374 g/mol. The van der Waals surface area contributed by atoms with Gasteiger partial charge >= 0.3 is 11.9 Å². The van der Waals surface area contributed by atoms with E-state index in [0.717, 1.165) is 25.7 Å². The predicted molar refractivity (Wildman–Crippen MR) is 98.8 cm³/mol. The molecule has 0 aromatic carbocycles. The summed E-state index contributed by atoms with van der Waals surface area (Å²) in [5, 5.41) is 10.0. The molecule has 0 aliphatic heterocycles. The minimum absolute atomic E-state index is 0.0110.